The van der Waals surface area contributed by atoms with E-state index in [0.29, 0.717) is 6.54 Å². The lowest BCUT2D eigenvalue weighted by Gasteiger charge is -2.23. The van der Waals surface area contributed by atoms with E-state index in [1.807, 2.05) is 37.2 Å². The van der Waals surface area contributed by atoms with Gasteiger partial charge in [-0.3, -0.25) is 4.79 Å². The number of pyridine rings is 1. The van der Waals surface area contributed by atoms with Crippen molar-refractivity contribution in [2.75, 3.05) is 25.5 Å². The van der Waals surface area contributed by atoms with Gasteiger partial charge in [-0.15, -0.1) is 0 Å². The van der Waals surface area contributed by atoms with Crippen molar-refractivity contribution in [1.82, 2.24) is 15.6 Å². The van der Waals surface area contributed by atoms with Gasteiger partial charge in [0.1, 0.15) is 5.82 Å². The van der Waals surface area contributed by atoms with Crippen LogP contribution >= 0.6 is 0 Å². The second kappa shape index (κ2) is 6.96. The van der Waals surface area contributed by atoms with E-state index in [0.717, 1.165) is 48.1 Å². The van der Waals surface area contributed by atoms with Crippen molar-refractivity contribution in [3.05, 3.63) is 35.9 Å². The summed E-state index contributed by atoms with van der Waals surface area (Å²) in [4.78, 5) is 19.0. The predicted molar refractivity (Wildman–Crippen MR) is 93.6 cm³/mol. The second-order valence-corrected chi connectivity index (χ2v) is 6.27. The van der Waals surface area contributed by atoms with Gasteiger partial charge in [-0.05, 0) is 37.1 Å². The largest absolute Gasteiger partial charge is 0.363 e. The number of nitrogens with one attached hydrogen (secondary N) is 2. The summed E-state index contributed by atoms with van der Waals surface area (Å²) in [5.41, 5.74) is 2.06. The van der Waals surface area contributed by atoms with Crippen molar-refractivity contribution in [1.29, 1.82) is 0 Å². The number of aromatic nitrogens is 1. The Hall–Kier alpha value is -2.14. The summed E-state index contributed by atoms with van der Waals surface area (Å²) in [6, 6.07) is 10.1. The number of carbonyl (C=O) groups excluding carboxylic acids is 1. The summed E-state index contributed by atoms with van der Waals surface area (Å²) in [6.07, 6.45) is 3.20. The molecule has 122 valence electrons. The van der Waals surface area contributed by atoms with Gasteiger partial charge in [-0.2, -0.15) is 0 Å². The van der Waals surface area contributed by atoms with Crippen molar-refractivity contribution >= 4 is 22.6 Å². The topological polar surface area (TPSA) is 57.3 Å². The van der Waals surface area contributed by atoms with Crippen LogP contribution in [0.2, 0.25) is 0 Å². The first kappa shape index (κ1) is 15.7. The minimum Gasteiger partial charge on any atom is -0.363 e. The Balaban J connectivity index is 1.79. The van der Waals surface area contributed by atoms with Crippen molar-refractivity contribution in [3.63, 3.8) is 0 Å². The number of hydrogen-bond acceptors (Lipinski definition) is 4. The van der Waals surface area contributed by atoms with Crippen molar-refractivity contribution in [2.45, 2.75) is 31.8 Å². The fourth-order valence-electron chi connectivity index (χ4n) is 2.99. The highest BCUT2D eigenvalue weighted by atomic mass is 16.2. The zero-order valence-electron chi connectivity index (χ0n) is 13.8. The lowest BCUT2D eigenvalue weighted by molar-refractivity contribution is -0.123. The van der Waals surface area contributed by atoms with E-state index < -0.39 is 0 Å². The molecule has 0 unspecified atom stereocenters. The fraction of sp³-hybridized carbons (Fsp3) is 0.444. The lowest BCUT2D eigenvalue weighted by Crippen LogP contribution is -2.46. The minimum absolute atomic E-state index is 0.0508. The Bertz CT molecular complexity index is 692. The highest BCUT2D eigenvalue weighted by molar-refractivity contribution is 5.86. The average molecular weight is 312 g/mol. The van der Waals surface area contributed by atoms with Gasteiger partial charge in [0.25, 0.3) is 0 Å². The number of anilines is 1. The number of fused-ring (bicyclic) bond motifs is 1. The van der Waals surface area contributed by atoms with Crippen LogP contribution < -0.4 is 15.5 Å². The second-order valence-electron chi connectivity index (χ2n) is 6.27. The molecule has 0 spiro atoms. The van der Waals surface area contributed by atoms with Gasteiger partial charge < -0.3 is 15.5 Å². The van der Waals surface area contributed by atoms with E-state index in [4.69, 9.17) is 0 Å². The van der Waals surface area contributed by atoms with Crippen LogP contribution in [0.3, 0.4) is 0 Å². The zero-order valence-corrected chi connectivity index (χ0v) is 13.8. The molecule has 5 heteroatoms. The van der Waals surface area contributed by atoms with Crippen LogP contribution in [0.25, 0.3) is 10.9 Å². The number of carbonyl (C=O) groups is 1. The van der Waals surface area contributed by atoms with E-state index in [1.54, 1.807) is 0 Å². The minimum atomic E-state index is -0.0508. The molecule has 1 aliphatic heterocycles. The molecule has 1 fully saturated rings. The van der Waals surface area contributed by atoms with E-state index >= 15 is 0 Å². The number of hydrogen-bond donors (Lipinski definition) is 2. The molecule has 1 aromatic carbocycles. The number of piperidine rings is 1. The Labute approximate surface area is 137 Å². The first-order valence-corrected chi connectivity index (χ1v) is 8.22. The van der Waals surface area contributed by atoms with Gasteiger partial charge in [0.05, 0.1) is 11.6 Å². The summed E-state index contributed by atoms with van der Waals surface area (Å²) < 4.78 is 0. The van der Waals surface area contributed by atoms with Gasteiger partial charge >= 0.3 is 0 Å². The molecule has 0 radical (unpaired) electrons. The van der Waals surface area contributed by atoms with E-state index in [2.05, 4.69) is 27.8 Å². The quantitative estimate of drug-likeness (QED) is 0.907. The molecule has 2 N–H and O–H groups in total. The summed E-state index contributed by atoms with van der Waals surface area (Å²) in [5.74, 6) is 1.00. The van der Waals surface area contributed by atoms with Crippen LogP contribution in [-0.4, -0.2) is 37.6 Å². The Morgan fingerprint density at radius 1 is 1.35 bits per heavy atom. The number of rotatable bonds is 4. The number of nitrogens with zero attached hydrogens (tertiary/aromatic N) is 2. The highest BCUT2D eigenvalue weighted by Crippen LogP contribution is 2.22. The molecule has 1 atom stereocenters. The van der Waals surface area contributed by atoms with Crippen LogP contribution in [0.4, 0.5) is 5.82 Å². The maximum absolute atomic E-state index is 12.3. The molecule has 0 aliphatic carbocycles. The molecule has 23 heavy (non-hydrogen) atoms. The van der Waals surface area contributed by atoms with Crippen LogP contribution in [0.15, 0.2) is 30.3 Å². The molecule has 2 heterocycles. The van der Waals surface area contributed by atoms with Gasteiger partial charge in [0, 0.05) is 26.0 Å². The number of para-hydroxylation sites is 1. The van der Waals surface area contributed by atoms with E-state index in [1.165, 1.54) is 0 Å². The standard InChI is InChI=1S/C18H24N4O/c1-22(2)17-11-13(14-7-3-4-8-15(14)21-17)12-20-18(23)16-9-5-6-10-19-16/h3-4,7-8,11,16,19H,5-6,9-10,12H2,1-2H3,(H,20,23)/t16-/m1/s1. The lowest BCUT2D eigenvalue weighted by atomic mass is 10.0. The molecular formula is C18H24N4O. The van der Waals surface area contributed by atoms with Gasteiger partial charge in [0.2, 0.25) is 5.91 Å². The van der Waals surface area contributed by atoms with Crippen LogP contribution in [0.1, 0.15) is 24.8 Å². The Morgan fingerprint density at radius 2 is 2.17 bits per heavy atom. The number of amides is 1. The molecule has 3 rings (SSSR count). The molecule has 1 aliphatic rings. The van der Waals surface area contributed by atoms with Crippen molar-refractivity contribution in [3.8, 4) is 0 Å². The van der Waals surface area contributed by atoms with Gasteiger partial charge in [-0.1, -0.05) is 24.6 Å². The normalized spacial score (nSPS) is 17.9. The van der Waals surface area contributed by atoms with Crippen molar-refractivity contribution in [2.24, 2.45) is 0 Å². The molecule has 0 saturated carbocycles. The van der Waals surface area contributed by atoms with E-state index in [9.17, 15) is 4.79 Å². The molecule has 5 nitrogen and oxygen atoms in total. The third-order valence-electron chi connectivity index (χ3n) is 4.33. The van der Waals surface area contributed by atoms with Crippen LogP contribution in [0.5, 0.6) is 0 Å². The monoisotopic (exact) mass is 312 g/mol. The molecule has 2 aromatic rings. The molecule has 1 amide bonds. The highest BCUT2D eigenvalue weighted by Gasteiger charge is 2.20. The Morgan fingerprint density at radius 3 is 2.91 bits per heavy atom. The van der Waals surface area contributed by atoms with Gasteiger partial charge in [0.15, 0.2) is 0 Å². The Kier molecular flexibility index (Phi) is 4.76. The number of benzene rings is 1. The third-order valence-corrected chi connectivity index (χ3v) is 4.33. The zero-order chi connectivity index (χ0) is 16.2. The molecule has 1 saturated heterocycles. The predicted octanol–water partition coefficient (Wildman–Crippen LogP) is 2.06. The van der Waals surface area contributed by atoms with Crippen LogP contribution in [-0.2, 0) is 11.3 Å². The third kappa shape index (κ3) is 3.62. The first-order valence-electron chi connectivity index (χ1n) is 8.22. The molecule has 1 aromatic heterocycles. The molecular weight excluding hydrogens is 288 g/mol. The summed E-state index contributed by atoms with van der Waals surface area (Å²) in [6.45, 7) is 1.46. The summed E-state index contributed by atoms with van der Waals surface area (Å²) >= 11 is 0. The van der Waals surface area contributed by atoms with E-state index in [-0.39, 0.29) is 11.9 Å². The summed E-state index contributed by atoms with van der Waals surface area (Å²) in [7, 11) is 3.96. The average Bonchev–Trinajstić information content (AvgIpc) is 2.59. The first-order chi connectivity index (χ1) is 11.1. The maximum atomic E-state index is 12.3. The smallest absolute Gasteiger partial charge is 0.237 e. The van der Waals surface area contributed by atoms with Crippen LogP contribution in [0, 0.1) is 0 Å². The maximum Gasteiger partial charge on any atom is 0.237 e. The SMILES string of the molecule is CN(C)c1cc(CNC(=O)[C@H]2CCCCN2)c2ccccc2n1. The fourth-order valence-corrected chi connectivity index (χ4v) is 2.99. The summed E-state index contributed by atoms with van der Waals surface area (Å²) in [5, 5.41) is 7.46. The van der Waals surface area contributed by atoms with Gasteiger partial charge in [-0.25, -0.2) is 4.98 Å². The van der Waals surface area contributed by atoms with Crippen molar-refractivity contribution < 1.29 is 4.79 Å². The molecule has 0 bridgehead atoms.